The third-order valence-corrected chi connectivity index (χ3v) is 7.14. The predicted octanol–water partition coefficient (Wildman–Crippen LogP) is 6.43. The predicted molar refractivity (Wildman–Crippen MR) is 123 cm³/mol. The van der Waals surface area contributed by atoms with Crippen LogP contribution in [0.25, 0.3) is 0 Å². The van der Waals surface area contributed by atoms with Gasteiger partial charge in [0.1, 0.15) is 12.2 Å². The molecule has 31 heavy (non-hydrogen) atoms. The largest absolute Gasteiger partial charge is 0.462 e. The van der Waals surface area contributed by atoms with E-state index in [1.165, 1.54) is 12.8 Å². The van der Waals surface area contributed by atoms with E-state index in [4.69, 9.17) is 9.47 Å². The van der Waals surface area contributed by atoms with Gasteiger partial charge in [-0.05, 0) is 54.1 Å². The van der Waals surface area contributed by atoms with Gasteiger partial charge in [-0.2, -0.15) is 0 Å². The topological polar surface area (TPSA) is 35.5 Å². The highest BCUT2D eigenvalue weighted by Gasteiger charge is 2.46. The van der Waals surface area contributed by atoms with Crippen molar-refractivity contribution >= 4 is 5.97 Å². The molecule has 0 amide bonds. The van der Waals surface area contributed by atoms with Crippen molar-refractivity contribution in [1.29, 1.82) is 0 Å². The maximum Gasteiger partial charge on any atom is 0.309 e. The van der Waals surface area contributed by atoms with Gasteiger partial charge in [-0.15, -0.1) is 0 Å². The lowest BCUT2D eigenvalue weighted by Crippen LogP contribution is -2.36. The van der Waals surface area contributed by atoms with E-state index in [1.807, 2.05) is 36.4 Å². The van der Waals surface area contributed by atoms with Crippen molar-refractivity contribution in [2.45, 2.75) is 58.7 Å². The second-order valence-corrected chi connectivity index (χ2v) is 9.94. The zero-order valence-electron chi connectivity index (χ0n) is 19.1. The van der Waals surface area contributed by atoms with E-state index in [-0.39, 0.29) is 30.0 Å². The maximum atomic E-state index is 12.9. The van der Waals surface area contributed by atoms with Crippen molar-refractivity contribution in [3.05, 3.63) is 71.8 Å². The average molecular weight is 421 g/mol. The highest BCUT2D eigenvalue weighted by Crippen LogP contribution is 2.43. The molecule has 2 fully saturated rings. The van der Waals surface area contributed by atoms with Gasteiger partial charge >= 0.3 is 5.97 Å². The molecule has 2 aliphatic carbocycles. The molecule has 3 nitrogen and oxygen atoms in total. The molecule has 0 aromatic heterocycles. The van der Waals surface area contributed by atoms with Gasteiger partial charge in [0.15, 0.2) is 0 Å². The molecule has 2 aromatic carbocycles. The molecule has 166 valence electrons. The molecule has 2 aliphatic rings. The van der Waals surface area contributed by atoms with Gasteiger partial charge < -0.3 is 9.47 Å². The van der Waals surface area contributed by atoms with Crippen molar-refractivity contribution in [3.63, 3.8) is 0 Å². The van der Waals surface area contributed by atoms with Crippen LogP contribution in [0.2, 0.25) is 0 Å². The number of benzene rings is 2. The highest BCUT2D eigenvalue weighted by molar-refractivity contribution is 5.76. The summed E-state index contributed by atoms with van der Waals surface area (Å²) in [5.41, 5.74) is 2.29. The summed E-state index contributed by atoms with van der Waals surface area (Å²) in [6.07, 6.45) is 4.28. The number of hydrogen-bond donors (Lipinski definition) is 0. The molecule has 0 saturated heterocycles. The van der Waals surface area contributed by atoms with Crippen molar-refractivity contribution in [1.82, 2.24) is 0 Å². The molecule has 0 heterocycles. The summed E-state index contributed by atoms with van der Waals surface area (Å²) < 4.78 is 12.4. The Morgan fingerprint density at radius 3 is 2.13 bits per heavy atom. The lowest BCUT2D eigenvalue weighted by Gasteiger charge is -2.36. The van der Waals surface area contributed by atoms with Crippen LogP contribution < -0.4 is 0 Å². The Hall–Kier alpha value is -2.13. The van der Waals surface area contributed by atoms with Crippen molar-refractivity contribution < 1.29 is 14.3 Å². The summed E-state index contributed by atoms with van der Waals surface area (Å²) in [7, 11) is 0. The minimum Gasteiger partial charge on any atom is -0.462 e. The Morgan fingerprint density at radius 2 is 1.55 bits per heavy atom. The molecule has 3 heteroatoms. The zero-order valence-corrected chi connectivity index (χ0v) is 19.1. The van der Waals surface area contributed by atoms with Crippen LogP contribution in [0.15, 0.2) is 60.7 Å². The number of ether oxygens (including phenoxy) is 2. The molecular weight excluding hydrogens is 384 g/mol. The number of carbonyl (C=O) groups excluding carboxylic acids is 1. The summed E-state index contributed by atoms with van der Waals surface area (Å²) >= 11 is 0. The summed E-state index contributed by atoms with van der Waals surface area (Å²) in [5.74, 6) is 1.95. The summed E-state index contributed by atoms with van der Waals surface area (Å²) in [6, 6.07) is 20.6. The molecule has 5 unspecified atom stereocenters. The standard InChI is InChI=1S/C28H36O3/c1-19(2)24-15-14-20(3)16-26(24)31-28(29)25-17-23(25)18-30-27(21-10-6-4-7-11-21)22-12-8-5-9-13-22/h4-13,19-20,23-27H,14-18H2,1-3H3. The van der Waals surface area contributed by atoms with Crippen molar-refractivity contribution in [2.24, 2.45) is 29.6 Å². The first-order valence-corrected chi connectivity index (χ1v) is 11.9. The van der Waals surface area contributed by atoms with Crippen LogP contribution in [-0.2, 0) is 14.3 Å². The van der Waals surface area contributed by atoms with E-state index >= 15 is 0 Å². The Labute approximate surface area is 187 Å². The second-order valence-electron chi connectivity index (χ2n) is 9.94. The van der Waals surface area contributed by atoms with Crippen LogP contribution in [0.1, 0.15) is 63.7 Å². The molecule has 5 atom stereocenters. The first kappa shape index (κ1) is 22.1. The molecule has 0 radical (unpaired) electrons. The van der Waals surface area contributed by atoms with Crippen LogP contribution >= 0.6 is 0 Å². The second kappa shape index (κ2) is 9.99. The molecular formula is C28H36O3. The van der Waals surface area contributed by atoms with E-state index < -0.39 is 0 Å². The highest BCUT2D eigenvalue weighted by atomic mass is 16.5. The van der Waals surface area contributed by atoms with Gasteiger partial charge in [0, 0.05) is 0 Å². The van der Waals surface area contributed by atoms with E-state index in [2.05, 4.69) is 45.0 Å². The smallest absolute Gasteiger partial charge is 0.309 e. The quantitative estimate of drug-likeness (QED) is 0.461. The molecule has 2 aromatic rings. The maximum absolute atomic E-state index is 12.9. The van der Waals surface area contributed by atoms with E-state index in [1.54, 1.807) is 0 Å². The molecule has 0 aliphatic heterocycles. The van der Waals surface area contributed by atoms with Crippen LogP contribution in [0.5, 0.6) is 0 Å². The van der Waals surface area contributed by atoms with Gasteiger partial charge in [0.2, 0.25) is 0 Å². The Balaban J connectivity index is 1.34. The Kier molecular flexibility index (Phi) is 7.12. The fraction of sp³-hybridized carbons (Fsp3) is 0.536. The fourth-order valence-electron chi connectivity index (χ4n) is 5.07. The van der Waals surface area contributed by atoms with Crippen molar-refractivity contribution in [3.8, 4) is 0 Å². The lowest BCUT2D eigenvalue weighted by atomic mass is 9.75. The summed E-state index contributed by atoms with van der Waals surface area (Å²) in [6.45, 7) is 7.37. The van der Waals surface area contributed by atoms with Crippen LogP contribution in [0, 0.1) is 29.6 Å². The average Bonchev–Trinajstić information content (AvgIpc) is 3.55. The number of esters is 1. The summed E-state index contributed by atoms with van der Waals surface area (Å²) in [4.78, 5) is 12.9. The Bertz CT molecular complexity index is 792. The molecule has 4 rings (SSSR count). The monoisotopic (exact) mass is 420 g/mol. The van der Waals surface area contributed by atoms with Crippen LogP contribution in [0.3, 0.4) is 0 Å². The van der Waals surface area contributed by atoms with Gasteiger partial charge in [0.05, 0.1) is 12.5 Å². The van der Waals surface area contributed by atoms with Crippen molar-refractivity contribution in [2.75, 3.05) is 6.61 Å². The SMILES string of the molecule is CC1CCC(C(C)C)C(OC(=O)C2CC2COC(c2ccccc2)c2ccccc2)C1. The minimum atomic E-state index is -0.107. The first-order valence-electron chi connectivity index (χ1n) is 11.9. The molecule has 0 bridgehead atoms. The third-order valence-electron chi connectivity index (χ3n) is 7.14. The molecule has 0 spiro atoms. The molecule has 2 saturated carbocycles. The first-order chi connectivity index (χ1) is 15.0. The van der Waals surface area contributed by atoms with E-state index in [0.29, 0.717) is 24.4 Å². The summed E-state index contributed by atoms with van der Waals surface area (Å²) in [5, 5.41) is 0. The lowest BCUT2D eigenvalue weighted by molar-refractivity contribution is -0.158. The van der Waals surface area contributed by atoms with Gasteiger partial charge in [0.25, 0.3) is 0 Å². The van der Waals surface area contributed by atoms with Gasteiger partial charge in [-0.25, -0.2) is 0 Å². The molecule has 0 N–H and O–H groups in total. The minimum absolute atomic E-state index is 0.00255. The normalized spacial score (nSPS) is 28.0. The number of carbonyl (C=O) groups is 1. The zero-order chi connectivity index (χ0) is 21.8. The van der Waals surface area contributed by atoms with E-state index in [0.717, 1.165) is 24.0 Å². The third kappa shape index (κ3) is 5.57. The van der Waals surface area contributed by atoms with Gasteiger partial charge in [-0.1, -0.05) is 87.9 Å². The van der Waals surface area contributed by atoms with E-state index in [9.17, 15) is 4.79 Å². The number of rotatable bonds is 8. The fourth-order valence-corrected chi connectivity index (χ4v) is 5.07. The van der Waals surface area contributed by atoms with Gasteiger partial charge in [-0.3, -0.25) is 4.79 Å². The van der Waals surface area contributed by atoms with Crippen LogP contribution in [-0.4, -0.2) is 18.7 Å². The van der Waals surface area contributed by atoms with Crippen LogP contribution in [0.4, 0.5) is 0 Å². The number of hydrogen-bond acceptors (Lipinski definition) is 3. The Morgan fingerprint density at radius 1 is 0.935 bits per heavy atom.